The number of hydrogen-bond acceptors (Lipinski definition) is 2. The Morgan fingerprint density at radius 3 is 2.45 bits per heavy atom. The fourth-order valence-corrected chi connectivity index (χ4v) is 0.944. The minimum atomic E-state index is -1.93. The molecule has 0 rings (SSSR count). The lowest BCUT2D eigenvalue weighted by Gasteiger charge is -2.18. The largest absolute Gasteiger partial charge is 0.294 e. The summed E-state index contributed by atoms with van der Waals surface area (Å²) in [5.41, 5.74) is 0. The molecule has 0 aromatic rings. The molecule has 3 N–H and O–H groups in total. The van der Waals surface area contributed by atoms with Crippen molar-refractivity contribution in [1.29, 1.82) is 0 Å². The normalized spacial score (nSPS) is 14.9. The maximum absolute atomic E-state index is 10.1. The Morgan fingerprint density at radius 2 is 2.09 bits per heavy atom. The molecule has 1 atom stereocenters. The Hall–Kier alpha value is -0.0100. The molecule has 0 fully saturated rings. The number of nitrogens with zero attached hydrogens (tertiary/aromatic N) is 1. The molecule has 0 spiro atoms. The Morgan fingerprint density at radius 1 is 1.55 bits per heavy atom. The number of hydroxylamine groups is 3. The van der Waals surface area contributed by atoms with E-state index in [2.05, 4.69) is 4.72 Å². The smallest absolute Gasteiger partial charge is 0.231 e. The van der Waals surface area contributed by atoms with E-state index < -0.39 is 11.3 Å². The highest BCUT2D eigenvalue weighted by molar-refractivity contribution is 7.77. The van der Waals surface area contributed by atoms with Gasteiger partial charge in [-0.2, -0.15) is 4.65 Å². The average molecular weight is 183 g/mol. The van der Waals surface area contributed by atoms with Crippen LogP contribution in [0.3, 0.4) is 0 Å². The van der Waals surface area contributed by atoms with Crippen LogP contribution in [0.25, 0.3) is 0 Å². The van der Waals surface area contributed by atoms with Gasteiger partial charge in [0.05, 0.1) is 14.1 Å². The Kier molecular flexibility index (Phi) is 4.78. The summed E-state index contributed by atoms with van der Waals surface area (Å²) in [7, 11) is 3.30. The quantitative estimate of drug-likeness (QED) is 0.234. The van der Waals surface area contributed by atoms with Gasteiger partial charge in [0.25, 0.3) is 0 Å². The van der Waals surface area contributed by atoms with Gasteiger partial charge in [-0.1, -0.05) is 0 Å². The van der Waals surface area contributed by atoms with E-state index in [9.17, 15) is 4.21 Å². The van der Waals surface area contributed by atoms with Crippen molar-refractivity contribution in [2.45, 2.75) is 6.42 Å². The lowest BCUT2D eigenvalue weighted by molar-refractivity contribution is -1.07. The van der Waals surface area contributed by atoms with Gasteiger partial charge >= 0.3 is 0 Å². The summed E-state index contributed by atoms with van der Waals surface area (Å²) in [6.07, 6.45) is 0.663. The fraction of sp³-hybridized carbons (Fsp3) is 1.00. The first-order valence-electron chi connectivity index (χ1n) is 3.32. The zero-order chi connectivity index (χ0) is 8.91. The van der Waals surface area contributed by atoms with E-state index in [0.717, 1.165) is 0 Å². The summed E-state index contributed by atoms with van der Waals surface area (Å²) >= 11 is -1.93. The molecular formula is C5H15N2O3S+. The molecule has 0 aliphatic carbocycles. The molecular weight excluding hydrogens is 168 g/mol. The van der Waals surface area contributed by atoms with Crippen molar-refractivity contribution in [3.8, 4) is 0 Å². The van der Waals surface area contributed by atoms with E-state index in [1.165, 1.54) is 0 Å². The summed E-state index contributed by atoms with van der Waals surface area (Å²) in [5.74, 6) is 0. The first kappa shape index (κ1) is 11.0. The minimum Gasteiger partial charge on any atom is -0.294 e. The van der Waals surface area contributed by atoms with Crippen LogP contribution >= 0.6 is 0 Å². The predicted molar refractivity (Wildman–Crippen MR) is 42.2 cm³/mol. The van der Waals surface area contributed by atoms with E-state index in [-0.39, 0.29) is 4.65 Å². The number of hydrogen-bond donors (Lipinski definition) is 3. The van der Waals surface area contributed by atoms with Crippen LogP contribution in [-0.4, -0.2) is 45.8 Å². The van der Waals surface area contributed by atoms with Gasteiger partial charge in [-0.3, -0.25) is 4.55 Å². The Balaban J connectivity index is 3.22. The summed E-state index contributed by atoms with van der Waals surface area (Å²) in [6, 6.07) is 0. The Bertz CT molecular complexity index is 134. The van der Waals surface area contributed by atoms with Crippen molar-refractivity contribution in [2.24, 2.45) is 0 Å². The van der Waals surface area contributed by atoms with Crippen LogP contribution in [0.2, 0.25) is 0 Å². The second-order valence-corrected chi connectivity index (χ2v) is 3.63. The molecule has 0 aromatic heterocycles. The lowest BCUT2D eigenvalue weighted by Crippen LogP contribution is -2.37. The molecule has 68 valence electrons. The third-order valence-corrected chi connectivity index (χ3v) is 1.56. The molecule has 0 saturated carbocycles. The van der Waals surface area contributed by atoms with Gasteiger partial charge in [-0.05, 0) is 0 Å². The summed E-state index contributed by atoms with van der Waals surface area (Å²) in [6.45, 7) is 0.996. The summed E-state index contributed by atoms with van der Waals surface area (Å²) in [4.78, 5) is 0. The van der Waals surface area contributed by atoms with Crippen LogP contribution in [0.4, 0.5) is 0 Å². The van der Waals surface area contributed by atoms with E-state index >= 15 is 0 Å². The number of nitrogens with one attached hydrogen (secondary N) is 1. The second-order valence-electron chi connectivity index (χ2n) is 2.84. The van der Waals surface area contributed by atoms with Crippen molar-refractivity contribution in [3.63, 3.8) is 0 Å². The van der Waals surface area contributed by atoms with Crippen LogP contribution in [-0.2, 0) is 11.3 Å². The number of quaternary nitrogens is 1. The highest BCUT2D eigenvalue weighted by atomic mass is 32.2. The molecule has 0 aliphatic heterocycles. The topological polar surface area (TPSA) is 69.6 Å². The van der Waals surface area contributed by atoms with Crippen LogP contribution in [0.1, 0.15) is 6.42 Å². The van der Waals surface area contributed by atoms with Crippen molar-refractivity contribution < 1.29 is 18.6 Å². The van der Waals surface area contributed by atoms with Crippen molar-refractivity contribution in [1.82, 2.24) is 4.72 Å². The van der Waals surface area contributed by atoms with Crippen molar-refractivity contribution in [3.05, 3.63) is 0 Å². The minimum absolute atomic E-state index is 0.111. The highest BCUT2D eigenvalue weighted by Gasteiger charge is 2.08. The van der Waals surface area contributed by atoms with Gasteiger partial charge in [-0.15, -0.1) is 0 Å². The average Bonchev–Trinajstić information content (AvgIpc) is 1.78. The first-order valence-corrected chi connectivity index (χ1v) is 4.42. The molecule has 0 heterocycles. The van der Waals surface area contributed by atoms with Gasteiger partial charge in [0, 0.05) is 13.0 Å². The monoisotopic (exact) mass is 183 g/mol. The molecule has 0 aromatic carbocycles. The van der Waals surface area contributed by atoms with Crippen molar-refractivity contribution >= 4 is 11.3 Å². The highest BCUT2D eigenvalue weighted by Crippen LogP contribution is 1.91. The van der Waals surface area contributed by atoms with Gasteiger partial charge in [0.2, 0.25) is 11.3 Å². The van der Waals surface area contributed by atoms with E-state index in [4.69, 9.17) is 9.76 Å². The molecule has 0 bridgehead atoms. The summed E-state index contributed by atoms with van der Waals surface area (Å²) in [5, 5.41) is 9.15. The summed E-state index contributed by atoms with van der Waals surface area (Å²) < 4.78 is 20.5. The van der Waals surface area contributed by atoms with Gasteiger partial charge in [-0.25, -0.2) is 14.1 Å². The van der Waals surface area contributed by atoms with Gasteiger partial charge in [0.15, 0.2) is 0 Å². The van der Waals surface area contributed by atoms with E-state index in [0.29, 0.717) is 19.5 Å². The maximum atomic E-state index is 10.1. The molecule has 0 amide bonds. The molecule has 6 heteroatoms. The molecule has 11 heavy (non-hydrogen) atoms. The van der Waals surface area contributed by atoms with Crippen LogP contribution in [0.5, 0.6) is 0 Å². The molecule has 0 saturated heterocycles. The molecule has 5 nitrogen and oxygen atoms in total. The SMILES string of the molecule is C[N+](C)(O)CCCNS(=O)O. The van der Waals surface area contributed by atoms with Crippen LogP contribution in [0, 0.1) is 0 Å². The third kappa shape index (κ3) is 9.99. The van der Waals surface area contributed by atoms with Crippen molar-refractivity contribution in [2.75, 3.05) is 27.2 Å². The molecule has 0 aliphatic rings. The van der Waals surface area contributed by atoms with Gasteiger partial charge in [0.1, 0.15) is 6.54 Å². The molecule has 1 unspecified atom stereocenters. The third-order valence-electron chi connectivity index (χ3n) is 1.11. The molecule has 0 radical (unpaired) electrons. The van der Waals surface area contributed by atoms with Crippen LogP contribution in [0.15, 0.2) is 0 Å². The van der Waals surface area contributed by atoms with E-state index in [1.54, 1.807) is 14.1 Å². The second kappa shape index (κ2) is 4.78. The van der Waals surface area contributed by atoms with E-state index in [1.807, 2.05) is 0 Å². The number of rotatable bonds is 5. The predicted octanol–water partition coefficient (Wildman–Crippen LogP) is -0.432. The van der Waals surface area contributed by atoms with Gasteiger partial charge < -0.3 is 0 Å². The maximum Gasteiger partial charge on any atom is 0.231 e. The fourth-order valence-electron chi connectivity index (χ4n) is 0.625. The Labute approximate surface area is 69.0 Å². The zero-order valence-corrected chi connectivity index (χ0v) is 7.60. The van der Waals surface area contributed by atoms with Crippen LogP contribution < -0.4 is 4.72 Å². The zero-order valence-electron chi connectivity index (χ0n) is 6.78. The standard InChI is InChI=1S/C5H14N2O3S/c1-7(2,8)5-3-4-6-11(9)10/h6,8H,3-5H2,1-2H3/p+1. The lowest BCUT2D eigenvalue weighted by atomic mass is 10.4. The first-order chi connectivity index (χ1) is 4.92.